The van der Waals surface area contributed by atoms with Crippen LogP contribution in [0.25, 0.3) is 0 Å². The van der Waals surface area contributed by atoms with E-state index in [1.165, 1.54) is 12.8 Å². The molecule has 130 valence electrons. The van der Waals surface area contributed by atoms with Crippen LogP contribution in [-0.2, 0) is 0 Å². The van der Waals surface area contributed by atoms with E-state index in [0.29, 0.717) is 30.0 Å². The number of carbonyl (C=O) groups is 1. The molecule has 1 saturated heterocycles. The Kier molecular flexibility index (Phi) is 3.46. The molecule has 25 heavy (non-hydrogen) atoms. The number of hydrogen-bond acceptors (Lipinski definition) is 6. The van der Waals surface area contributed by atoms with Crippen LogP contribution >= 0.6 is 0 Å². The van der Waals surface area contributed by atoms with E-state index in [2.05, 4.69) is 37.7 Å². The minimum absolute atomic E-state index is 0.150. The number of anilines is 1. The average Bonchev–Trinajstić information content (AvgIpc) is 3.52. The zero-order valence-corrected chi connectivity index (χ0v) is 14.0. The fourth-order valence-corrected chi connectivity index (χ4v) is 3.27. The van der Waals surface area contributed by atoms with E-state index in [0.717, 1.165) is 43.2 Å². The summed E-state index contributed by atoms with van der Waals surface area (Å²) >= 11 is 0. The van der Waals surface area contributed by atoms with E-state index in [1.807, 2.05) is 0 Å². The second-order valence-corrected chi connectivity index (χ2v) is 7.46. The van der Waals surface area contributed by atoms with Gasteiger partial charge in [0.2, 0.25) is 0 Å². The van der Waals surface area contributed by atoms with Gasteiger partial charge in [0.05, 0.1) is 5.69 Å². The van der Waals surface area contributed by atoms with Crippen molar-refractivity contribution in [1.82, 2.24) is 20.7 Å². The lowest BCUT2D eigenvalue weighted by molar-refractivity contribution is 0.0935. The predicted molar refractivity (Wildman–Crippen MR) is 90.5 cm³/mol. The van der Waals surface area contributed by atoms with Crippen LogP contribution in [0.1, 0.15) is 59.5 Å². The lowest BCUT2D eigenvalue weighted by atomic mass is 10.00. The van der Waals surface area contributed by atoms with E-state index in [1.54, 1.807) is 6.07 Å². The molecule has 3 fully saturated rings. The molecule has 0 bridgehead atoms. The SMILES string of the molecule is O=C(NCC1CN(c2ccc(C3CC3)nn2)C1)c1cc(C2CC2)on1. The molecule has 0 atom stereocenters. The summed E-state index contributed by atoms with van der Waals surface area (Å²) in [5.41, 5.74) is 1.51. The molecule has 7 heteroatoms. The zero-order chi connectivity index (χ0) is 16.8. The molecule has 2 aromatic rings. The first-order valence-electron chi connectivity index (χ1n) is 9.09. The van der Waals surface area contributed by atoms with E-state index >= 15 is 0 Å². The first kappa shape index (κ1) is 14.9. The number of hydrogen-bond donors (Lipinski definition) is 1. The van der Waals surface area contributed by atoms with Crippen LogP contribution in [0.5, 0.6) is 0 Å². The van der Waals surface area contributed by atoms with Crippen LogP contribution in [0.4, 0.5) is 5.82 Å². The van der Waals surface area contributed by atoms with Crippen molar-refractivity contribution in [2.75, 3.05) is 24.5 Å². The Bertz CT molecular complexity index is 773. The van der Waals surface area contributed by atoms with Gasteiger partial charge in [-0.25, -0.2) is 0 Å². The topological polar surface area (TPSA) is 84.2 Å². The van der Waals surface area contributed by atoms with Gasteiger partial charge in [0, 0.05) is 43.5 Å². The van der Waals surface area contributed by atoms with Crippen molar-refractivity contribution in [1.29, 1.82) is 0 Å². The van der Waals surface area contributed by atoms with Gasteiger partial charge in [0.25, 0.3) is 5.91 Å². The summed E-state index contributed by atoms with van der Waals surface area (Å²) < 4.78 is 5.23. The van der Waals surface area contributed by atoms with Gasteiger partial charge in [0.1, 0.15) is 5.76 Å². The average molecular weight is 339 g/mol. The summed E-state index contributed by atoms with van der Waals surface area (Å²) in [7, 11) is 0. The molecule has 0 radical (unpaired) electrons. The second kappa shape index (κ2) is 5.82. The van der Waals surface area contributed by atoms with Gasteiger partial charge in [-0.1, -0.05) is 5.16 Å². The van der Waals surface area contributed by atoms with E-state index in [4.69, 9.17) is 4.52 Å². The second-order valence-electron chi connectivity index (χ2n) is 7.46. The first-order chi connectivity index (χ1) is 12.3. The number of aromatic nitrogens is 3. The van der Waals surface area contributed by atoms with Gasteiger partial charge < -0.3 is 14.7 Å². The maximum atomic E-state index is 12.1. The van der Waals surface area contributed by atoms with Gasteiger partial charge in [0.15, 0.2) is 11.5 Å². The molecule has 2 aromatic heterocycles. The van der Waals surface area contributed by atoms with Crippen LogP contribution in [0.2, 0.25) is 0 Å². The summed E-state index contributed by atoms with van der Waals surface area (Å²) in [6.45, 7) is 2.43. The van der Waals surface area contributed by atoms with Gasteiger partial charge in [-0.05, 0) is 37.8 Å². The smallest absolute Gasteiger partial charge is 0.273 e. The van der Waals surface area contributed by atoms with Crippen molar-refractivity contribution >= 4 is 11.7 Å². The maximum Gasteiger partial charge on any atom is 0.273 e. The Morgan fingerprint density at radius 3 is 2.64 bits per heavy atom. The maximum absolute atomic E-state index is 12.1. The third-order valence-electron chi connectivity index (χ3n) is 5.24. The minimum Gasteiger partial charge on any atom is -0.360 e. The quantitative estimate of drug-likeness (QED) is 0.867. The highest BCUT2D eigenvalue weighted by molar-refractivity contribution is 5.92. The van der Waals surface area contributed by atoms with Crippen LogP contribution in [0, 0.1) is 5.92 Å². The Hall–Kier alpha value is -2.44. The summed E-state index contributed by atoms with van der Waals surface area (Å²) in [4.78, 5) is 14.3. The van der Waals surface area contributed by atoms with Crippen molar-refractivity contribution in [3.8, 4) is 0 Å². The monoisotopic (exact) mass is 339 g/mol. The lowest BCUT2D eigenvalue weighted by Crippen LogP contribution is -2.52. The van der Waals surface area contributed by atoms with Crippen LogP contribution in [0.3, 0.4) is 0 Å². The van der Waals surface area contributed by atoms with Crippen LogP contribution in [-0.4, -0.2) is 40.9 Å². The Morgan fingerprint density at radius 2 is 1.96 bits per heavy atom. The number of amides is 1. The van der Waals surface area contributed by atoms with Crippen molar-refractivity contribution in [2.24, 2.45) is 5.92 Å². The van der Waals surface area contributed by atoms with Crippen molar-refractivity contribution < 1.29 is 9.32 Å². The van der Waals surface area contributed by atoms with Crippen molar-refractivity contribution in [2.45, 2.75) is 37.5 Å². The largest absolute Gasteiger partial charge is 0.360 e. The summed E-state index contributed by atoms with van der Waals surface area (Å²) in [5, 5.41) is 15.5. The fraction of sp³-hybridized carbons (Fsp3) is 0.556. The molecule has 5 rings (SSSR count). The highest BCUT2D eigenvalue weighted by atomic mass is 16.5. The standard InChI is InChI=1S/C18H21N5O2/c24-18(15-7-16(25-22-15)13-3-4-13)19-8-11-9-23(10-11)17-6-5-14(20-21-17)12-1-2-12/h5-7,11-13H,1-4,8-10H2,(H,19,24). The number of nitrogens with zero attached hydrogens (tertiary/aromatic N) is 4. The molecule has 1 aliphatic heterocycles. The molecule has 2 aliphatic carbocycles. The molecule has 0 unspecified atom stereocenters. The van der Waals surface area contributed by atoms with Crippen molar-refractivity contribution in [3.63, 3.8) is 0 Å². The summed E-state index contributed by atoms with van der Waals surface area (Å²) in [5.74, 6) is 3.16. The molecule has 3 aliphatic rings. The van der Waals surface area contributed by atoms with E-state index in [9.17, 15) is 4.79 Å². The first-order valence-corrected chi connectivity index (χ1v) is 9.09. The number of nitrogens with one attached hydrogen (secondary N) is 1. The van der Waals surface area contributed by atoms with Gasteiger partial charge in [-0.2, -0.15) is 5.10 Å². The summed E-state index contributed by atoms with van der Waals surface area (Å²) in [6, 6.07) is 5.93. The zero-order valence-electron chi connectivity index (χ0n) is 14.0. The molecule has 1 N–H and O–H groups in total. The van der Waals surface area contributed by atoms with Crippen LogP contribution < -0.4 is 10.2 Å². The molecule has 0 spiro atoms. The Labute approximate surface area is 145 Å². The number of carbonyl (C=O) groups excluding carboxylic acids is 1. The third-order valence-corrected chi connectivity index (χ3v) is 5.24. The molecular formula is C18H21N5O2. The van der Waals surface area contributed by atoms with Crippen molar-refractivity contribution in [3.05, 3.63) is 35.3 Å². The predicted octanol–water partition coefficient (Wildman–Crippen LogP) is 2.09. The lowest BCUT2D eigenvalue weighted by Gasteiger charge is -2.39. The highest BCUT2D eigenvalue weighted by Crippen LogP contribution is 2.40. The molecule has 2 saturated carbocycles. The molecule has 3 heterocycles. The molecular weight excluding hydrogens is 318 g/mol. The van der Waals surface area contributed by atoms with E-state index < -0.39 is 0 Å². The highest BCUT2D eigenvalue weighted by Gasteiger charge is 2.31. The van der Waals surface area contributed by atoms with Crippen LogP contribution in [0.15, 0.2) is 22.7 Å². The third kappa shape index (κ3) is 3.10. The minimum atomic E-state index is -0.150. The Balaban J connectivity index is 1.09. The normalized spacial score (nSPS) is 20.4. The molecule has 0 aromatic carbocycles. The molecule has 7 nitrogen and oxygen atoms in total. The molecule has 1 amide bonds. The summed E-state index contributed by atoms with van der Waals surface area (Å²) in [6.07, 6.45) is 4.76. The van der Waals surface area contributed by atoms with Gasteiger partial charge in [-0.3, -0.25) is 4.79 Å². The Morgan fingerprint density at radius 1 is 1.16 bits per heavy atom. The van der Waals surface area contributed by atoms with Gasteiger partial charge >= 0.3 is 0 Å². The fourth-order valence-electron chi connectivity index (χ4n) is 3.27. The number of rotatable bonds is 6. The van der Waals surface area contributed by atoms with Gasteiger partial charge in [-0.15, -0.1) is 5.10 Å². The van der Waals surface area contributed by atoms with E-state index in [-0.39, 0.29) is 5.91 Å².